The Morgan fingerprint density at radius 3 is 2.80 bits per heavy atom. The Balaban J connectivity index is 1.98. The van der Waals surface area contributed by atoms with Crippen LogP contribution in [0.4, 0.5) is 0 Å². The summed E-state index contributed by atoms with van der Waals surface area (Å²) in [4.78, 5) is 12.3. The maximum atomic E-state index is 12.3. The van der Waals surface area contributed by atoms with E-state index < -0.39 is 5.92 Å². The van der Waals surface area contributed by atoms with Crippen LogP contribution in [-0.4, -0.2) is 11.9 Å². The molecule has 1 fully saturated rings. The molecule has 2 rings (SSSR count). The highest BCUT2D eigenvalue weighted by Crippen LogP contribution is 2.27. The number of hydrogen-bond acceptors (Lipinski definition) is 2. The van der Waals surface area contributed by atoms with Crippen LogP contribution in [0.15, 0.2) is 30.3 Å². The molecule has 1 aliphatic carbocycles. The van der Waals surface area contributed by atoms with Crippen LogP contribution in [0.5, 0.6) is 0 Å². The van der Waals surface area contributed by atoms with Crippen LogP contribution in [-0.2, 0) is 4.79 Å². The molecule has 1 aromatic carbocycles. The Labute approximate surface area is 121 Å². The molecule has 106 valence electrons. The second-order valence-corrected chi connectivity index (χ2v) is 5.62. The molecular weight excluding hydrogens is 248 g/mol. The van der Waals surface area contributed by atoms with Gasteiger partial charge >= 0.3 is 0 Å². The average molecular weight is 270 g/mol. The SMILES string of the molecule is CCC1CCCC(NC(=O)C(C#N)c2ccccc2)C1. The first kappa shape index (κ1) is 14.6. The van der Waals surface area contributed by atoms with Gasteiger partial charge in [-0.25, -0.2) is 0 Å². The Morgan fingerprint density at radius 1 is 1.40 bits per heavy atom. The molecule has 0 aliphatic heterocycles. The predicted octanol–water partition coefficient (Wildman–Crippen LogP) is 3.38. The largest absolute Gasteiger partial charge is 0.352 e. The maximum Gasteiger partial charge on any atom is 0.242 e. The number of rotatable bonds is 4. The van der Waals surface area contributed by atoms with Gasteiger partial charge in [0.05, 0.1) is 6.07 Å². The Kier molecular flexibility index (Phi) is 5.17. The summed E-state index contributed by atoms with van der Waals surface area (Å²) in [5.74, 6) is -0.134. The zero-order valence-electron chi connectivity index (χ0n) is 12.0. The van der Waals surface area contributed by atoms with E-state index in [9.17, 15) is 10.1 Å². The molecule has 0 spiro atoms. The normalized spacial score (nSPS) is 23.6. The molecule has 1 saturated carbocycles. The number of carbonyl (C=O) groups excluding carboxylic acids is 1. The van der Waals surface area contributed by atoms with E-state index in [0.29, 0.717) is 5.92 Å². The first-order chi connectivity index (χ1) is 9.74. The zero-order chi connectivity index (χ0) is 14.4. The van der Waals surface area contributed by atoms with Crippen molar-refractivity contribution in [2.45, 2.75) is 51.0 Å². The molecule has 0 bridgehead atoms. The number of nitriles is 1. The minimum Gasteiger partial charge on any atom is -0.352 e. The van der Waals surface area contributed by atoms with Crippen molar-refractivity contribution < 1.29 is 4.79 Å². The van der Waals surface area contributed by atoms with Crippen LogP contribution >= 0.6 is 0 Å². The number of amides is 1. The molecule has 3 nitrogen and oxygen atoms in total. The van der Waals surface area contributed by atoms with Gasteiger partial charge in [0.25, 0.3) is 0 Å². The lowest BCUT2D eigenvalue weighted by molar-refractivity contribution is -0.122. The average Bonchev–Trinajstić information content (AvgIpc) is 2.49. The van der Waals surface area contributed by atoms with E-state index in [1.165, 1.54) is 19.3 Å². The first-order valence-corrected chi connectivity index (χ1v) is 7.49. The van der Waals surface area contributed by atoms with Gasteiger partial charge in [0, 0.05) is 6.04 Å². The fourth-order valence-electron chi connectivity index (χ4n) is 3.01. The van der Waals surface area contributed by atoms with E-state index in [2.05, 4.69) is 18.3 Å². The third-order valence-electron chi connectivity index (χ3n) is 4.23. The summed E-state index contributed by atoms with van der Waals surface area (Å²) in [7, 11) is 0. The third-order valence-corrected chi connectivity index (χ3v) is 4.23. The maximum absolute atomic E-state index is 12.3. The van der Waals surface area contributed by atoms with E-state index >= 15 is 0 Å². The van der Waals surface area contributed by atoms with E-state index in [1.54, 1.807) is 0 Å². The number of hydrogen-bond donors (Lipinski definition) is 1. The standard InChI is InChI=1S/C17H22N2O/c1-2-13-7-6-10-15(11-13)19-17(20)16(12-18)14-8-4-3-5-9-14/h3-5,8-9,13,15-16H,2,6-7,10-11H2,1H3,(H,19,20). The molecule has 0 saturated heterocycles. The summed E-state index contributed by atoms with van der Waals surface area (Å²) in [5.41, 5.74) is 0.773. The van der Waals surface area contributed by atoms with Gasteiger partial charge < -0.3 is 5.32 Å². The lowest BCUT2D eigenvalue weighted by Crippen LogP contribution is -2.40. The summed E-state index contributed by atoms with van der Waals surface area (Å²) in [6, 6.07) is 11.6. The number of nitrogens with one attached hydrogen (secondary N) is 1. The van der Waals surface area contributed by atoms with E-state index in [4.69, 9.17) is 0 Å². The third kappa shape index (κ3) is 3.60. The van der Waals surface area contributed by atoms with E-state index in [-0.39, 0.29) is 11.9 Å². The summed E-state index contributed by atoms with van der Waals surface area (Å²) in [6.45, 7) is 2.21. The second-order valence-electron chi connectivity index (χ2n) is 5.62. The second kappa shape index (κ2) is 7.09. The minimum atomic E-state index is -0.696. The lowest BCUT2D eigenvalue weighted by atomic mass is 9.84. The van der Waals surface area contributed by atoms with Crippen LogP contribution < -0.4 is 5.32 Å². The van der Waals surface area contributed by atoms with Crippen molar-refractivity contribution in [3.63, 3.8) is 0 Å². The minimum absolute atomic E-state index is 0.152. The molecule has 3 heteroatoms. The number of benzene rings is 1. The molecule has 3 unspecified atom stereocenters. The van der Waals surface area contributed by atoms with Gasteiger partial charge in [0.15, 0.2) is 0 Å². The molecule has 1 N–H and O–H groups in total. The zero-order valence-corrected chi connectivity index (χ0v) is 12.0. The Bertz CT molecular complexity index is 478. The molecule has 0 radical (unpaired) electrons. The highest BCUT2D eigenvalue weighted by molar-refractivity contribution is 5.86. The molecule has 3 atom stereocenters. The van der Waals surface area contributed by atoms with Crippen LogP contribution in [0.2, 0.25) is 0 Å². The molecular formula is C17H22N2O. The van der Waals surface area contributed by atoms with Crippen LogP contribution in [0.1, 0.15) is 50.5 Å². The molecule has 20 heavy (non-hydrogen) atoms. The summed E-state index contributed by atoms with van der Waals surface area (Å²) in [6.07, 6.45) is 5.70. The quantitative estimate of drug-likeness (QED) is 0.912. The van der Waals surface area contributed by atoms with Crippen molar-refractivity contribution in [2.75, 3.05) is 0 Å². The number of carbonyl (C=O) groups is 1. The monoisotopic (exact) mass is 270 g/mol. The topological polar surface area (TPSA) is 52.9 Å². The highest BCUT2D eigenvalue weighted by Gasteiger charge is 2.26. The molecule has 1 amide bonds. The van der Waals surface area contributed by atoms with Gasteiger partial charge in [-0.1, -0.05) is 56.5 Å². The van der Waals surface area contributed by atoms with Crippen molar-refractivity contribution in [1.82, 2.24) is 5.32 Å². The molecule has 1 aromatic rings. The van der Waals surface area contributed by atoms with Crippen molar-refractivity contribution in [3.05, 3.63) is 35.9 Å². The van der Waals surface area contributed by atoms with Crippen molar-refractivity contribution in [2.24, 2.45) is 5.92 Å². The fraction of sp³-hybridized carbons (Fsp3) is 0.529. The van der Waals surface area contributed by atoms with Gasteiger partial charge in [0.2, 0.25) is 5.91 Å². The van der Waals surface area contributed by atoms with Crippen molar-refractivity contribution >= 4 is 5.91 Å². The van der Waals surface area contributed by atoms with Gasteiger partial charge in [0.1, 0.15) is 5.92 Å². The van der Waals surface area contributed by atoms with Gasteiger partial charge in [-0.15, -0.1) is 0 Å². The smallest absolute Gasteiger partial charge is 0.242 e. The van der Waals surface area contributed by atoms with Crippen molar-refractivity contribution in [3.8, 4) is 6.07 Å². The summed E-state index contributed by atoms with van der Waals surface area (Å²) >= 11 is 0. The fourth-order valence-corrected chi connectivity index (χ4v) is 3.01. The van der Waals surface area contributed by atoms with Crippen LogP contribution in [0.25, 0.3) is 0 Å². The molecule has 1 aliphatic rings. The summed E-state index contributed by atoms with van der Waals surface area (Å²) in [5, 5.41) is 12.3. The van der Waals surface area contributed by atoms with E-state index in [0.717, 1.165) is 18.4 Å². The van der Waals surface area contributed by atoms with Crippen molar-refractivity contribution in [1.29, 1.82) is 5.26 Å². The molecule has 0 heterocycles. The number of nitrogens with zero attached hydrogens (tertiary/aromatic N) is 1. The summed E-state index contributed by atoms with van der Waals surface area (Å²) < 4.78 is 0. The Hall–Kier alpha value is -1.82. The van der Waals surface area contributed by atoms with E-state index in [1.807, 2.05) is 30.3 Å². The predicted molar refractivity (Wildman–Crippen MR) is 79.0 cm³/mol. The van der Waals surface area contributed by atoms with Crippen LogP contribution in [0, 0.1) is 17.2 Å². The van der Waals surface area contributed by atoms with Gasteiger partial charge in [-0.2, -0.15) is 5.26 Å². The van der Waals surface area contributed by atoms with Gasteiger partial charge in [-0.3, -0.25) is 4.79 Å². The van der Waals surface area contributed by atoms with Gasteiger partial charge in [-0.05, 0) is 24.3 Å². The lowest BCUT2D eigenvalue weighted by Gasteiger charge is -2.29. The molecule has 0 aromatic heterocycles. The van der Waals surface area contributed by atoms with Crippen LogP contribution in [0.3, 0.4) is 0 Å². The Morgan fingerprint density at radius 2 is 2.15 bits per heavy atom. The first-order valence-electron chi connectivity index (χ1n) is 7.49. The highest BCUT2D eigenvalue weighted by atomic mass is 16.1.